The van der Waals surface area contributed by atoms with Gasteiger partial charge < -0.3 is 15.8 Å². The summed E-state index contributed by atoms with van der Waals surface area (Å²) in [5.41, 5.74) is 9.34. The molecule has 22 heavy (non-hydrogen) atoms. The highest BCUT2D eigenvalue weighted by Crippen LogP contribution is 2.41. The zero-order chi connectivity index (χ0) is 15.7. The second kappa shape index (κ2) is 5.45. The molecule has 0 aliphatic carbocycles. The van der Waals surface area contributed by atoms with Crippen molar-refractivity contribution >= 4 is 5.82 Å². The van der Waals surface area contributed by atoms with Gasteiger partial charge >= 0.3 is 0 Å². The molecule has 0 radical (unpaired) electrons. The van der Waals surface area contributed by atoms with Crippen LogP contribution in [0.5, 0.6) is 5.75 Å². The Morgan fingerprint density at radius 2 is 2.09 bits per heavy atom. The van der Waals surface area contributed by atoms with Crippen LogP contribution in [0.1, 0.15) is 29.7 Å². The average molecular weight is 295 g/mol. The summed E-state index contributed by atoms with van der Waals surface area (Å²) in [6, 6.07) is 9.95. The lowest BCUT2D eigenvalue weighted by Gasteiger charge is -2.24. The van der Waals surface area contributed by atoms with Crippen molar-refractivity contribution in [3.63, 3.8) is 0 Å². The Morgan fingerprint density at radius 1 is 1.36 bits per heavy atom. The predicted molar refractivity (Wildman–Crippen MR) is 83.2 cm³/mol. The number of nitrogens with zero attached hydrogens (tertiary/aromatic N) is 2. The summed E-state index contributed by atoms with van der Waals surface area (Å²) in [6.45, 7) is 4.50. The number of aromatic amines is 1. The minimum absolute atomic E-state index is 0.226. The molecule has 1 aliphatic rings. The van der Waals surface area contributed by atoms with Crippen molar-refractivity contribution in [3.8, 4) is 11.8 Å². The molecule has 2 aromatic rings. The number of aromatic nitrogens is 2. The molecule has 112 valence electrons. The van der Waals surface area contributed by atoms with E-state index in [1.54, 1.807) is 0 Å². The van der Waals surface area contributed by atoms with Gasteiger partial charge in [-0.25, -0.2) is 0 Å². The molecular formula is C16H17N5O. The number of aryl methyl sites for hydroxylation is 1. The zero-order valence-electron chi connectivity index (χ0n) is 12.5. The molecule has 6 nitrogen and oxygen atoms in total. The Kier molecular flexibility index (Phi) is 3.47. The fourth-order valence-corrected chi connectivity index (χ4v) is 2.76. The maximum atomic E-state index is 9.50. The molecule has 1 atom stereocenters. The second-order valence-corrected chi connectivity index (χ2v) is 5.11. The minimum Gasteiger partial charge on any atom is -0.494 e. The lowest BCUT2D eigenvalue weighted by atomic mass is 9.83. The summed E-state index contributed by atoms with van der Waals surface area (Å²) in [6.07, 6.45) is 0. The smallest absolute Gasteiger partial charge is 0.157 e. The molecule has 0 unspecified atom stereocenters. The Bertz CT molecular complexity index is 767. The van der Waals surface area contributed by atoms with E-state index in [4.69, 9.17) is 10.5 Å². The van der Waals surface area contributed by atoms with E-state index < -0.39 is 0 Å². The SMILES string of the molecule is CCOc1ccc([C@H]2C(C#N)=C(N)Nc3n[nH]c(C)c32)cc1. The molecule has 6 heteroatoms. The quantitative estimate of drug-likeness (QED) is 0.807. The summed E-state index contributed by atoms with van der Waals surface area (Å²) in [4.78, 5) is 0. The Hall–Kier alpha value is -2.94. The molecule has 1 aromatic carbocycles. The molecule has 4 N–H and O–H groups in total. The molecule has 0 amide bonds. The first-order valence-electron chi connectivity index (χ1n) is 7.10. The molecule has 0 saturated heterocycles. The van der Waals surface area contributed by atoms with Crippen LogP contribution in [0.4, 0.5) is 5.82 Å². The zero-order valence-corrected chi connectivity index (χ0v) is 12.5. The average Bonchev–Trinajstić information content (AvgIpc) is 2.88. The van der Waals surface area contributed by atoms with Crippen LogP contribution >= 0.6 is 0 Å². The van der Waals surface area contributed by atoms with Crippen LogP contribution in [-0.2, 0) is 0 Å². The molecule has 0 fully saturated rings. The number of fused-ring (bicyclic) bond motifs is 1. The molecular weight excluding hydrogens is 278 g/mol. The van der Waals surface area contributed by atoms with E-state index in [0.29, 0.717) is 23.8 Å². The van der Waals surface area contributed by atoms with E-state index in [1.807, 2.05) is 38.1 Å². The number of nitrogens with one attached hydrogen (secondary N) is 2. The highest BCUT2D eigenvalue weighted by molar-refractivity contribution is 5.65. The third-order valence-electron chi connectivity index (χ3n) is 3.76. The van der Waals surface area contributed by atoms with Gasteiger partial charge in [-0.2, -0.15) is 10.4 Å². The number of anilines is 1. The van der Waals surface area contributed by atoms with Gasteiger partial charge in [0.25, 0.3) is 0 Å². The first-order valence-corrected chi connectivity index (χ1v) is 7.10. The Labute approximate surface area is 128 Å². The summed E-state index contributed by atoms with van der Waals surface area (Å²) >= 11 is 0. The normalized spacial score (nSPS) is 16.7. The molecule has 1 aliphatic heterocycles. The van der Waals surface area contributed by atoms with Crippen LogP contribution in [0.2, 0.25) is 0 Å². The van der Waals surface area contributed by atoms with Crippen LogP contribution in [0, 0.1) is 18.3 Å². The van der Waals surface area contributed by atoms with Crippen molar-refractivity contribution in [3.05, 3.63) is 52.5 Å². The van der Waals surface area contributed by atoms with Crippen LogP contribution in [0.15, 0.2) is 35.7 Å². The monoisotopic (exact) mass is 295 g/mol. The molecule has 1 aromatic heterocycles. The molecule has 0 saturated carbocycles. The topological polar surface area (TPSA) is 99.8 Å². The van der Waals surface area contributed by atoms with Crippen molar-refractivity contribution in [2.45, 2.75) is 19.8 Å². The minimum atomic E-state index is -0.226. The molecule has 2 heterocycles. The third kappa shape index (κ3) is 2.17. The molecule has 3 rings (SSSR count). The maximum absolute atomic E-state index is 9.50. The van der Waals surface area contributed by atoms with E-state index in [-0.39, 0.29) is 5.92 Å². The van der Waals surface area contributed by atoms with Gasteiger partial charge in [0.2, 0.25) is 0 Å². The standard InChI is InChI=1S/C16H17N5O/c1-3-22-11-6-4-10(5-7-11)14-12(8-17)15(18)19-16-13(14)9(2)20-21-16/h4-7,14H,3,18H2,1-2H3,(H2,19,20,21)/t14-/m0/s1. The Morgan fingerprint density at radius 3 is 2.73 bits per heavy atom. The van der Waals surface area contributed by atoms with Gasteiger partial charge in [0.1, 0.15) is 11.6 Å². The number of allylic oxidation sites excluding steroid dienone is 1. The summed E-state index contributed by atoms with van der Waals surface area (Å²) in [5.74, 6) is 1.60. The number of nitriles is 1. The van der Waals surface area contributed by atoms with E-state index in [1.165, 1.54) is 0 Å². The number of H-pyrrole nitrogens is 1. The fraction of sp³-hybridized carbons (Fsp3) is 0.250. The van der Waals surface area contributed by atoms with Gasteiger partial charge in [0.05, 0.1) is 24.2 Å². The van der Waals surface area contributed by atoms with Gasteiger partial charge in [-0.05, 0) is 31.5 Å². The van der Waals surface area contributed by atoms with Crippen molar-refractivity contribution in [1.82, 2.24) is 10.2 Å². The highest BCUT2D eigenvalue weighted by Gasteiger charge is 2.32. The van der Waals surface area contributed by atoms with Crippen LogP contribution < -0.4 is 15.8 Å². The largest absolute Gasteiger partial charge is 0.494 e. The van der Waals surface area contributed by atoms with Gasteiger partial charge in [0, 0.05) is 11.3 Å². The molecule has 0 spiro atoms. The lowest BCUT2D eigenvalue weighted by Crippen LogP contribution is -2.23. The number of hydrogen-bond donors (Lipinski definition) is 3. The number of hydrogen-bond acceptors (Lipinski definition) is 5. The number of nitrogens with two attached hydrogens (primary N) is 1. The first kappa shape index (κ1) is 14.0. The Balaban J connectivity index is 2.10. The number of benzene rings is 1. The molecule has 0 bridgehead atoms. The number of rotatable bonds is 3. The van der Waals surface area contributed by atoms with Crippen LogP contribution in [0.25, 0.3) is 0 Å². The highest BCUT2D eigenvalue weighted by atomic mass is 16.5. The van der Waals surface area contributed by atoms with Crippen molar-refractivity contribution in [2.24, 2.45) is 5.73 Å². The second-order valence-electron chi connectivity index (χ2n) is 5.11. The lowest BCUT2D eigenvalue weighted by molar-refractivity contribution is 0.340. The van der Waals surface area contributed by atoms with Crippen molar-refractivity contribution in [1.29, 1.82) is 5.26 Å². The summed E-state index contributed by atoms with van der Waals surface area (Å²) in [7, 11) is 0. The predicted octanol–water partition coefficient (Wildman–Crippen LogP) is 2.37. The van der Waals surface area contributed by atoms with Gasteiger partial charge in [-0.15, -0.1) is 0 Å². The van der Waals surface area contributed by atoms with Gasteiger partial charge in [-0.3, -0.25) is 5.10 Å². The van der Waals surface area contributed by atoms with Crippen LogP contribution in [-0.4, -0.2) is 16.8 Å². The number of ether oxygens (including phenoxy) is 1. The summed E-state index contributed by atoms with van der Waals surface area (Å²) < 4.78 is 5.47. The maximum Gasteiger partial charge on any atom is 0.157 e. The van der Waals surface area contributed by atoms with E-state index in [2.05, 4.69) is 21.6 Å². The third-order valence-corrected chi connectivity index (χ3v) is 3.76. The van der Waals surface area contributed by atoms with E-state index in [0.717, 1.165) is 22.6 Å². The fourth-order valence-electron chi connectivity index (χ4n) is 2.76. The first-order chi connectivity index (χ1) is 10.7. The van der Waals surface area contributed by atoms with Crippen LogP contribution in [0.3, 0.4) is 0 Å². The van der Waals surface area contributed by atoms with Crippen molar-refractivity contribution < 1.29 is 4.74 Å². The summed E-state index contributed by atoms with van der Waals surface area (Å²) in [5, 5.41) is 19.6. The van der Waals surface area contributed by atoms with Gasteiger partial charge in [-0.1, -0.05) is 12.1 Å². The van der Waals surface area contributed by atoms with Crippen molar-refractivity contribution in [2.75, 3.05) is 11.9 Å². The van der Waals surface area contributed by atoms with E-state index >= 15 is 0 Å². The van der Waals surface area contributed by atoms with Gasteiger partial charge in [0.15, 0.2) is 5.82 Å². The van der Waals surface area contributed by atoms with E-state index in [9.17, 15) is 5.26 Å².